The Hall–Kier alpha value is -1.62. The Morgan fingerprint density at radius 1 is 1.14 bits per heavy atom. The van der Waals surface area contributed by atoms with Crippen molar-refractivity contribution in [2.45, 2.75) is 38.5 Å². The van der Waals surface area contributed by atoms with Gasteiger partial charge in [0.05, 0.1) is 0 Å². The van der Waals surface area contributed by atoms with Gasteiger partial charge in [0, 0.05) is 6.04 Å². The molecule has 1 fully saturated rings. The van der Waals surface area contributed by atoms with E-state index in [9.17, 15) is 8.78 Å². The minimum Gasteiger partial charge on any atom is -0.395 e. The van der Waals surface area contributed by atoms with Crippen LogP contribution in [-0.2, 0) is 0 Å². The molecule has 1 aliphatic carbocycles. The summed E-state index contributed by atoms with van der Waals surface area (Å²) in [6, 6.07) is 6.84. The van der Waals surface area contributed by atoms with Crippen molar-refractivity contribution in [1.29, 1.82) is 0 Å². The van der Waals surface area contributed by atoms with E-state index in [2.05, 4.69) is 34.4 Å². The second kappa shape index (κ2) is 5.88. The van der Waals surface area contributed by atoms with Crippen molar-refractivity contribution in [3.05, 3.63) is 35.9 Å². The lowest BCUT2D eigenvalue weighted by Gasteiger charge is -2.26. The number of ether oxygens (including phenoxy) is 2. The normalized spacial score (nSPS) is 28.5. The number of para-hydroxylation sites is 2. The highest BCUT2D eigenvalue weighted by Gasteiger charge is 2.42. The molecule has 0 bridgehead atoms. The molecule has 2 unspecified atom stereocenters. The van der Waals surface area contributed by atoms with Crippen molar-refractivity contribution in [2.75, 3.05) is 13.6 Å². The molecular formula is C17H21F2NO2. The van der Waals surface area contributed by atoms with Crippen LogP contribution in [0.3, 0.4) is 0 Å². The van der Waals surface area contributed by atoms with Crippen LogP contribution in [0.4, 0.5) is 8.78 Å². The van der Waals surface area contributed by atoms with Crippen LogP contribution in [0.15, 0.2) is 35.9 Å². The summed E-state index contributed by atoms with van der Waals surface area (Å²) in [5, 5.41) is 0. The van der Waals surface area contributed by atoms with Gasteiger partial charge in [0.25, 0.3) is 0 Å². The van der Waals surface area contributed by atoms with Crippen molar-refractivity contribution < 1.29 is 18.3 Å². The summed E-state index contributed by atoms with van der Waals surface area (Å²) in [6.07, 6.45) is 3.17. The molecule has 120 valence electrons. The first-order valence-corrected chi connectivity index (χ1v) is 7.67. The van der Waals surface area contributed by atoms with Crippen LogP contribution in [0.1, 0.15) is 26.2 Å². The third-order valence-electron chi connectivity index (χ3n) is 4.52. The number of fused-ring (bicyclic) bond motifs is 2. The number of likely N-dealkylation sites (N-methyl/N-ethyl adjacent to an activating group) is 1. The van der Waals surface area contributed by atoms with E-state index in [1.165, 1.54) is 37.9 Å². The Bertz CT molecular complexity index is 547. The first kappa shape index (κ1) is 15.3. The van der Waals surface area contributed by atoms with Gasteiger partial charge in [0.2, 0.25) is 0 Å². The molecule has 2 heterocycles. The summed E-state index contributed by atoms with van der Waals surface area (Å²) >= 11 is 0. The quantitative estimate of drug-likeness (QED) is 0.675. The fraction of sp³-hybridized carbons (Fsp3) is 0.529. The monoisotopic (exact) mass is 309 g/mol. The Morgan fingerprint density at radius 2 is 1.77 bits per heavy atom. The SMILES string of the molecule is CC1=CC2C(CC1)CCN2C.FC1(F)Oc2ccccc2O1. The lowest BCUT2D eigenvalue weighted by Crippen LogP contribution is -2.29. The molecule has 1 aromatic rings. The van der Waals surface area contributed by atoms with E-state index >= 15 is 0 Å². The number of alkyl halides is 2. The van der Waals surface area contributed by atoms with E-state index in [1.807, 2.05) is 0 Å². The molecule has 3 aliphatic rings. The first-order chi connectivity index (χ1) is 10.4. The molecule has 5 heteroatoms. The maximum absolute atomic E-state index is 12.3. The number of rotatable bonds is 0. The van der Waals surface area contributed by atoms with Gasteiger partial charge in [-0.05, 0) is 57.8 Å². The van der Waals surface area contributed by atoms with Crippen molar-refractivity contribution in [3.8, 4) is 11.5 Å². The number of benzene rings is 1. The molecule has 0 spiro atoms. The van der Waals surface area contributed by atoms with Crippen LogP contribution in [-0.4, -0.2) is 30.8 Å². The number of nitrogens with zero attached hydrogens (tertiary/aromatic N) is 1. The zero-order valence-electron chi connectivity index (χ0n) is 12.9. The summed E-state index contributed by atoms with van der Waals surface area (Å²) < 4.78 is 32.9. The van der Waals surface area contributed by atoms with Crippen molar-refractivity contribution in [3.63, 3.8) is 0 Å². The summed E-state index contributed by atoms with van der Waals surface area (Å²) in [4.78, 5) is 2.49. The maximum atomic E-state index is 12.3. The largest absolute Gasteiger partial charge is 0.586 e. The van der Waals surface area contributed by atoms with Gasteiger partial charge < -0.3 is 9.47 Å². The molecule has 1 aromatic carbocycles. The molecule has 0 amide bonds. The van der Waals surface area contributed by atoms with Crippen molar-refractivity contribution in [1.82, 2.24) is 4.90 Å². The Morgan fingerprint density at radius 3 is 2.41 bits per heavy atom. The second-order valence-corrected chi connectivity index (χ2v) is 6.19. The van der Waals surface area contributed by atoms with E-state index < -0.39 is 6.29 Å². The van der Waals surface area contributed by atoms with Crippen molar-refractivity contribution >= 4 is 0 Å². The highest BCUT2D eigenvalue weighted by atomic mass is 19.3. The molecule has 0 saturated carbocycles. The molecular weight excluding hydrogens is 288 g/mol. The van der Waals surface area contributed by atoms with Crippen LogP contribution in [0, 0.1) is 5.92 Å². The standard InChI is InChI=1S/C10H17N.C7H4F2O2/c1-8-3-4-9-5-6-11(2)10(9)7-8;8-7(9)10-5-3-1-2-4-6(5)11-7/h7,9-10H,3-6H2,1-2H3;1-4H. The molecule has 4 rings (SSSR count). The fourth-order valence-electron chi connectivity index (χ4n) is 3.31. The van der Waals surface area contributed by atoms with E-state index in [-0.39, 0.29) is 11.5 Å². The summed E-state index contributed by atoms with van der Waals surface area (Å²) in [5.41, 5.74) is 1.60. The van der Waals surface area contributed by atoms with Gasteiger partial charge in [-0.25, -0.2) is 0 Å². The lowest BCUT2D eigenvalue weighted by molar-refractivity contribution is -0.286. The summed E-state index contributed by atoms with van der Waals surface area (Å²) in [5.74, 6) is 1.14. The molecule has 1 saturated heterocycles. The number of hydrogen-bond donors (Lipinski definition) is 0. The molecule has 0 radical (unpaired) electrons. The van der Waals surface area contributed by atoms with Gasteiger partial charge in [-0.2, -0.15) is 0 Å². The fourth-order valence-corrected chi connectivity index (χ4v) is 3.31. The average Bonchev–Trinajstić information content (AvgIpc) is 2.98. The average molecular weight is 309 g/mol. The van der Waals surface area contributed by atoms with Gasteiger partial charge in [0.1, 0.15) is 0 Å². The molecule has 3 nitrogen and oxygen atoms in total. The Balaban J connectivity index is 0.000000131. The minimum atomic E-state index is -3.50. The Labute approximate surface area is 129 Å². The molecule has 22 heavy (non-hydrogen) atoms. The molecule has 0 N–H and O–H groups in total. The number of hydrogen-bond acceptors (Lipinski definition) is 3. The van der Waals surface area contributed by atoms with Gasteiger partial charge in [-0.1, -0.05) is 23.8 Å². The predicted octanol–water partition coefficient (Wildman–Crippen LogP) is 4.05. The van der Waals surface area contributed by atoms with Crippen LogP contribution in [0.5, 0.6) is 11.5 Å². The highest BCUT2D eigenvalue weighted by molar-refractivity contribution is 5.41. The zero-order valence-corrected chi connectivity index (χ0v) is 12.9. The lowest BCUT2D eigenvalue weighted by atomic mass is 9.87. The number of likely N-dealkylation sites (tertiary alicyclic amines) is 1. The van der Waals surface area contributed by atoms with Crippen LogP contribution >= 0.6 is 0 Å². The van der Waals surface area contributed by atoms with Gasteiger partial charge in [-0.3, -0.25) is 4.90 Å². The van der Waals surface area contributed by atoms with E-state index in [0.29, 0.717) is 0 Å². The predicted molar refractivity (Wildman–Crippen MR) is 80.2 cm³/mol. The number of halogens is 2. The van der Waals surface area contributed by atoms with Crippen LogP contribution in [0.25, 0.3) is 0 Å². The highest BCUT2D eigenvalue weighted by Crippen LogP contribution is 2.40. The van der Waals surface area contributed by atoms with Crippen LogP contribution < -0.4 is 9.47 Å². The molecule has 0 aromatic heterocycles. The zero-order chi connectivity index (χ0) is 15.7. The second-order valence-electron chi connectivity index (χ2n) is 6.19. The van der Waals surface area contributed by atoms with E-state index in [1.54, 1.807) is 17.7 Å². The maximum Gasteiger partial charge on any atom is 0.586 e. The minimum absolute atomic E-state index is 0.0810. The summed E-state index contributed by atoms with van der Waals surface area (Å²) in [7, 11) is 2.25. The molecule has 2 atom stereocenters. The van der Waals surface area contributed by atoms with Gasteiger partial charge in [0.15, 0.2) is 11.5 Å². The molecule has 2 aliphatic heterocycles. The Kier molecular flexibility index (Phi) is 4.08. The van der Waals surface area contributed by atoms with Crippen LogP contribution in [0.2, 0.25) is 0 Å². The van der Waals surface area contributed by atoms with Gasteiger partial charge in [-0.15, -0.1) is 8.78 Å². The first-order valence-electron chi connectivity index (χ1n) is 7.67. The third-order valence-corrected chi connectivity index (χ3v) is 4.52. The summed E-state index contributed by atoms with van der Waals surface area (Å²) in [6.45, 7) is 3.57. The van der Waals surface area contributed by atoms with E-state index in [0.717, 1.165) is 12.0 Å². The van der Waals surface area contributed by atoms with E-state index in [4.69, 9.17) is 0 Å². The number of allylic oxidation sites excluding steroid dienone is 1. The van der Waals surface area contributed by atoms with Crippen molar-refractivity contribution in [2.24, 2.45) is 5.92 Å². The third kappa shape index (κ3) is 3.24. The topological polar surface area (TPSA) is 21.7 Å². The smallest absolute Gasteiger partial charge is 0.395 e. The van der Waals surface area contributed by atoms with Gasteiger partial charge >= 0.3 is 6.29 Å².